The molecule has 1 saturated heterocycles. The lowest BCUT2D eigenvalue weighted by molar-refractivity contribution is -0.124. The molecule has 0 aromatic heterocycles. The zero-order valence-electron chi connectivity index (χ0n) is 16.7. The van der Waals surface area contributed by atoms with Crippen molar-refractivity contribution in [1.29, 1.82) is 0 Å². The summed E-state index contributed by atoms with van der Waals surface area (Å²) in [6.45, 7) is 1.71. The van der Waals surface area contributed by atoms with E-state index in [1.807, 2.05) is 19.1 Å². The molecule has 2 aromatic carbocycles. The third-order valence-electron chi connectivity index (χ3n) is 4.52. The third kappa shape index (κ3) is 5.74. The predicted octanol–water partition coefficient (Wildman–Crippen LogP) is 3.23. The van der Waals surface area contributed by atoms with Gasteiger partial charge in [-0.25, -0.2) is 0 Å². The van der Waals surface area contributed by atoms with Crippen LogP contribution < -0.4 is 10.6 Å². The van der Waals surface area contributed by atoms with Crippen LogP contribution in [0.2, 0.25) is 5.02 Å². The standard InChI is InChI=1S/C22H20ClN3O4S/c1-14-6-2-4-8-16(14)20(28)25-13-19(27)24-10-11-26-21(29)18(31-22(26)30)12-15-7-3-5-9-17(15)23/h2-9,12H,10-11,13H2,1H3,(H,24,27)(H,25,28). The molecule has 31 heavy (non-hydrogen) atoms. The largest absolute Gasteiger partial charge is 0.353 e. The summed E-state index contributed by atoms with van der Waals surface area (Å²) >= 11 is 6.93. The van der Waals surface area contributed by atoms with Gasteiger partial charge in [-0.05, 0) is 48.0 Å². The van der Waals surface area contributed by atoms with E-state index in [0.29, 0.717) is 16.1 Å². The molecule has 1 fully saturated rings. The van der Waals surface area contributed by atoms with E-state index in [4.69, 9.17) is 11.6 Å². The molecule has 0 spiro atoms. The summed E-state index contributed by atoms with van der Waals surface area (Å²) in [4.78, 5) is 50.2. The number of benzene rings is 2. The summed E-state index contributed by atoms with van der Waals surface area (Å²) in [7, 11) is 0. The van der Waals surface area contributed by atoms with Crippen LogP contribution in [-0.2, 0) is 9.59 Å². The summed E-state index contributed by atoms with van der Waals surface area (Å²) in [6.07, 6.45) is 1.58. The second kappa shape index (κ2) is 10.3. The lowest BCUT2D eigenvalue weighted by Crippen LogP contribution is -2.41. The van der Waals surface area contributed by atoms with Gasteiger partial charge in [0.1, 0.15) is 0 Å². The maximum atomic E-state index is 12.5. The number of carbonyl (C=O) groups excluding carboxylic acids is 4. The van der Waals surface area contributed by atoms with E-state index >= 15 is 0 Å². The quantitative estimate of drug-likeness (QED) is 0.622. The zero-order chi connectivity index (χ0) is 22.4. The third-order valence-corrected chi connectivity index (χ3v) is 5.77. The maximum absolute atomic E-state index is 12.5. The molecular formula is C22H20ClN3O4S. The zero-order valence-corrected chi connectivity index (χ0v) is 18.3. The number of thioether (sulfide) groups is 1. The molecule has 1 aliphatic heterocycles. The minimum atomic E-state index is -0.433. The normalized spacial score (nSPS) is 14.8. The number of nitrogens with one attached hydrogen (secondary N) is 2. The minimum absolute atomic E-state index is 0.0298. The number of nitrogens with zero attached hydrogens (tertiary/aromatic N) is 1. The molecule has 1 aliphatic rings. The van der Waals surface area contributed by atoms with Gasteiger partial charge in [-0.15, -0.1) is 0 Å². The van der Waals surface area contributed by atoms with Gasteiger partial charge < -0.3 is 10.6 Å². The van der Waals surface area contributed by atoms with E-state index < -0.39 is 17.1 Å². The van der Waals surface area contributed by atoms with Crippen molar-refractivity contribution in [1.82, 2.24) is 15.5 Å². The highest BCUT2D eigenvalue weighted by atomic mass is 35.5. The second-order valence-electron chi connectivity index (χ2n) is 6.70. The Morgan fingerprint density at radius 1 is 1.06 bits per heavy atom. The summed E-state index contributed by atoms with van der Waals surface area (Å²) in [5, 5.41) is 5.22. The molecule has 0 unspecified atom stereocenters. The topological polar surface area (TPSA) is 95.6 Å². The Hall–Kier alpha value is -3.10. The van der Waals surface area contributed by atoms with E-state index in [9.17, 15) is 19.2 Å². The molecule has 9 heteroatoms. The Balaban J connectivity index is 1.48. The first kappa shape index (κ1) is 22.6. The van der Waals surface area contributed by atoms with Gasteiger partial charge in [0.05, 0.1) is 11.4 Å². The molecule has 160 valence electrons. The van der Waals surface area contributed by atoms with Crippen molar-refractivity contribution in [3.63, 3.8) is 0 Å². The number of hydrogen-bond acceptors (Lipinski definition) is 5. The molecule has 0 atom stereocenters. The highest BCUT2D eigenvalue weighted by molar-refractivity contribution is 8.18. The second-order valence-corrected chi connectivity index (χ2v) is 8.10. The fraction of sp³-hybridized carbons (Fsp3) is 0.182. The van der Waals surface area contributed by atoms with Crippen LogP contribution in [0, 0.1) is 6.92 Å². The fourth-order valence-electron chi connectivity index (χ4n) is 2.88. The lowest BCUT2D eigenvalue weighted by atomic mass is 10.1. The van der Waals surface area contributed by atoms with Crippen LogP contribution in [-0.4, -0.2) is 47.5 Å². The average Bonchev–Trinajstić information content (AvgIpc) is 3.01. The maximum Gasteiger partial charge on any atom is 0.293 e. The van der Waals surface area contributed by atoms with Gasteiger partial charge in [-0.2, -0.15) is 0 Å². The molecule has 0 saturated carbocycles. The number of aryl methyl sites for hydroxylation is 1. The van der Waals surface area contributed by atoms with E-state index in [1.165, 1.54) is 0 Å². The average molecular weight is 458 g/mol. The van der Waals surface area contributed by atoms with E-state index in [2.05, 4.69) is 10.6 Å². The number of hydrogen-bond donors (Lipinski definition) is 2. The van der Waals surface area contributed by atoms with Crippen LogP contribution in [0.4, 0.5) is 4.79 Å². The molecule has 3 rings (SSSR count). The summed E-state index contributed by atoms with van der Waals surface area (Å²) in [5.41, 5.74) is 1.95. The van der Waals surface area contributed by atoms with Gasteiger partial charge in [0.15, 0.2) is 0 Å². The minimum Gasteiger partial charge on any atom is -0.353 e. The summed E-state index contributed by atoms with van der Waals surface area (Å²) in [6, 6.07) is 14.1. The molecular weight excluding hydrogens is 438 g/mol. The van der Waals surface area contributed by atoms with Gasteiger partial charge in [0, 0.05) is 23.7 Å². The van der Waals surface area contributed by atoms with Crippen molar-refractivity contribution in [2.24, 2.45) is 0 Å². The predicted molar refractivity (Wildman–Crippen MR) is 121 cm³/mol. The number of rotatable bonds is 7. The smallest absolute Gasteiger partial charge is 0.293 e. The van der Waals surface area contributed by atoms with Gasteiger partial charge in [0.2, 0.25) is 5.91 Å². The first-order valence-electron chi connectivity index (χ1n) is 9.47. The van der Waals surface area contributed by atoms with E-state index in [0.717, 1.165) is 22.2 Å². The van der Waals surface area contributed by atoms with Crippen molar-refractivity contribution in [2.75, 3.05) is 19.6 Å². The van der Waals surface area contributed by atoms with Crippen LogP contribution in [0.5, 0.6) is 0 Å². The van der Waals surface area contributed by atoms with Crippen LogP contribution >= 0.6 is 23.4 Å². The first-order chi connectivity index (χ1) is 14.9. The van der Waals surface area contributed by atoms with Crippen LogP contribution in [0.1, 0.15) is 21.5 Å². The Labute approximate surface area is 188 Å². The molecule has 0 aliphatic carbocycles. The summed E-state index contributed by atoms with van der Waals surface area (Å²) < 4.78 is 0. The first-order valence-corrected chi connectivity index (χ1v) is 10.7. The van der Waals surface area contributed by atoms with Gasteiger partial charge in [0.25, 0.3) is 17.1 Å². The lowest BCUT2D eigenvalue weighted by Gasteiger charge is -2.13. The molecule has 0 bridgehead atoms. The van der Waals surface area contributed by atoms with Crippen LogP contribution in [0.15, 0.2) is 53.4 Å². The number of carbonyl (C=O) groups is 4. The van der Waals surface area contributed by atoms with Crippen molar-refractivity contribution >= 4 is 52.4 Å². The molecule has 2 aromatic rings. The van der Waals surface area contributed by atoms with Crippen molar-refractivity contribution in [3.05, 3.63) is 75.1 Å². The Morgan fingerprint density at radius 2 is 1.77 bits per heavy atom. The van der Waals surface area contributed by atoms with Crippen molar-refractivity contribution in [3.8, 4) is 0 Å². The number of halogens is 1. The Morgan fingerprint density at radius 3 is 2.52 bits per heavy atom. The highest BCUT2D eigenvalue weighted by Crippen LogP contribution is 2.33. The van der Waals surface area contributed by atoms with Crippen molar-refractivity contribution in [2.45, 2.75) is 6.92 Å². The van der Waals surface area contributed by atoms with E-state index in [-0.39, 0.29) is 30.4 Å². The van der Waals surface area contributed by atoms with Gasteiger partial charge in [-0.1, -0.05) is 48.0 Å². The monoisotopic (exact) mass is 457 g/mol. The number of amides is 4. The molecule has 1 heterocycles. The SMILES string of the molecule is Cc1ccccc1C(=O)NCC(=O)NCCN1C(=O)SC(=Cc2ccccc2Cl)C1=O. The molecule has 4 amide bonds. The highest BCUT2D eigenvalue weighted by Gasteiger charge is 2.34. The Kier molecular flexibility index (Phi) is 7.49. The van der Waals surface area contributed by atoms with Crippen LogP contribution in [0.3, 0.4) is 0 Å². The van der Waals surface area contributed by atoms with E-state index in [1.54, 1.807) is 42.5 Å². The van der Waals surface area contributed by atoms with Crippen LogP contribution in [0.25, 0.3) is 6.08 Å². The Bertz CT molecular complexity index is 1070. The molecule has 0 radical (unpaired) electrons. The molecule has 7 nitrogen and oxygen atoms in total. The molecule has 2 N–H and O–H groups in total. The van der Waals surface area contributed by atoms with Crippen molar-refractivity contribution < 1.29 is 19.2 Å². The fourth-order valence-corrected chi connectivity index (χ4v) is 3.93. The van der Waals surface area contributed by atoms with Gasteiger partial charge >= 0.3 is 0 Å². The summed E-state index contributed by atoms with van der Waals surface area (Å²) in [5.74, 6) is -1.19. The van der Waals surface area contributed by atoms with Gasteiger partial charge in [-0.3, -0.25) is 24.1 Å². The number of imide groups is 1.